The Balaban J connectivity index is 2.21. The molecular weight excluding hydrogens is 252 g/mol. The van der Waals surface area contributed by atoms with Crippen LogP contribution in [0.4, 0.5) is 0 Å². The maximum absolute atomic E-state index is 11.5. The van der Waals surface area contributed by atoms with Gasteiger partial charge in [-0.1, -0.05) is 20.8 Å². The molecule has 0 N–H and O–H groups in total. The lowest BCUT2D eigenvalue weighted by atomic mass is 10.1. The molecule has 0 aliphatic carbocycles. The molecule has 1 saturated heterocycles. The van der Waals surface area contributed by atoms with Crippen molar-refractivity contribution >= 4 is 5.91 Å². The molecule has 0 bridgehead atoms. The molecule has 1 fully saturated rings. The summed E-state index contributed by atoms with van der Waals surface area (Å²) in [4.78, 5) is 15.9. The largest absolute Gasteiger partial charge is 0.375 e. The van der Waals surface area contributed by atoms with Gasteiger partial charge in [0.1, 0.15) is 0 Å². The molecule has 118 valence electrons. The molecule has 4 nitrogen and oxygen atoms in total. The maximum Gasteiger partial charge on any atom is 0.222 e. The normalized spacial score (nSPS) is 20.4. The van der Waals surface area contributed by atoms with Gasteiger partial charge in [0, 0.05) is 33.1 Å². The minimum absolute atomic E-state index is 0.217. The lowest BCUT2D eigenvalue weighted by Gasteiger charge is -2.33. The molecule has 0 spiro atoms. The summed E-state index contributed by atoms with van der Waals surface area (Å²) in [6.07, 6.45) is 4.40. The minimum Gasteiger partial charge on any atom is -0.375 e. The Kier molecular flexibility index (Phi) is 8.15. The van der Waals surface area contributed by atoms with Crippen molar-refractivity contribution in [2.45, 2.75) is 52.6 Å². The van der Waals surface area contributed by atoms with E-state index < -0.39 is 0 Å². The van der Waals surface area contributed by atoms with E-state index in [0.717, 1.165) is 38.6 Å². The summed E-state index contributed by atoms with van der Waals surface area (Å²) in [6, 6.07) is 0. The summed E-state index contributed by atoms with van der Waals surface area (Å²) < 4.78 is 5.82. The number of ether oxygens (including phenoxy) is 1. The minimum atomic E-state index is 0.217. The van der Waals surface area contributed by atoms with E-state index >= 15 is 0 Å². The molecule has 1 rings (SSSR count). The summed E-state index contributed by atoms with van der Waals surface area (Å²) in [6.45, 7) is 11.4. The standard InChI is InChI=1S/C16H32N2O2/c1-5-16(19)17(4)10-8-15-13-18(11-12-20-15)9-6-7-14(2)3/h14-15H,5-13H2,1-4H3. The number of nitrogens with zero attached hydrogens (tertiary/aromatic N) is 2. The van der Waals surface area contributed by atoms with Gasteiger partial charge in [0.15, 0.2) is 0 Å². The van der Waals surface area contributed by atoms with Gasteiger partial charge in [0.2, 0.25) is 5.91 Å². The van der Waals surface area contributed by atoms with E-state index in [9.17, 15) is 4.79 Å². The van der Waals surface area contributed by atoms with Gasteiger partial charge in [0.05, 0.1) is 12.7 Å². The lowest BCUT2D eigenvalue weighted by Crippen LogP contribution is -2.44. The molecule has 0 aromatic rings. The first-order valence-corrected chi connectivity index (χ1v) is 8.10. The highest BCUT2D eigenvalue weighted by atomic mass is 16.5. The highest BCUT2D eigenvalue weighted by Gasteiger charge is 2.20. The van der Waals surface area contributed by atoms with Crippen LogP contribution in [0, 0.1) is 5.92 Å². The van der Waals surface area contributed by atoms with Gasteiger partial charge in [-0.25, -0.2) is 0 Å². The van der Waals surface area contributed by atoms with Crippen molar-refractivity contribution in [1.29, 1.82) is 0 Å². The van der Waals surface area contributed by atoms with Crippen LogP contribution in [-0.2, 0) is 9.53 Å². The van der Waals surface area contributed by atoms with Gasteiger partial charge in [-0.3, -0.25) is 9.69 Å². The fraction of sp³-hybridized carbons (Fsp3) is 0.938. The Morgan fingerprint density at radius 3 is 2.85 bits per heavy atom. The van der Waals surface area contributed by atoms with Gasteiger partial charge >= 0.3 is 0 Å². The summed E-state index contributed by atoms with van der Waals surface area (Å²) in [7, 11) is 1.88. The summed E-state index contributed by atoms with van der Waals surface area (Å²) in [5.74, 6) is 1.01. The zero-order chi connectivity index (χ0) is 15.0. The fourth-order valence-corrected chi connectivity index (χ4v) is 2.61. The SMILES string of the molecule is CCC(=O)N(C)CCC1CN(CCCC(C)C)CCO1. The smallest absolute Gasteiger partial charge is 0.222 e. The number of hydrogen-bond acceptors (Lipinski definition) is 3. The van der Waals surface area contributed by atoms with E-state index in [-0.39, 0.29) is 12.0 Å². The highest BCUT2D eigenvalue weighted by Crippen LogP contribution is 2.12. The molecule has 0 radical (unpaired) electrons. The molecule has 0 aromatic carbocycles. The second-order valence-corrected chi connectivity index (χ2v) is 6.29. The molecule has 1 aliphatic rings. The summed E-state index contributed by atoms with van der Waals surface area (Å²) >= 11 is 0. The van der Waals surface area contributed by atoms with Crippen molar-refractivity contribution in [2.24, 2.45) is 5.92 Å². The molecule has 1 amide bonds. The van der Waals surface area contributed by atoms with E-state index in [1.54, 1.807) is 0 Å². The summed E-state index contributed by atoms with van der Waals surface area (Å²) in [5, 5.41) is 0. The topological polar surface area (TPSA) is 32.8 Å². The van der Waals surface area contributed by atoms with Crippen LogP contribution in [0.5, 0.6) is 0 Å². The van der Waals surface area contributed by atoms with Crippen LogP contribution in [0.1, 0.15) is 46.5 Å². The molecule has 0 saturated carbocycles. The third-order valence-electron chi connectivity index (χ3n) is 3.99. The van der Waals surface area contributed by atoms with Gasteiger partial charge in [0.25, 0.3) is 0 Å². The lowest BCUT2D eigenvalue weighted by molar-refractivity contribution is -0.130. The average Bonchev–Trinajstić information content (AvgIpc) is 2.44. The van der Waals surface area contributed by atoms with Crippen molar-refractivity contribution in [3.63, 3.8) is 0 Å². The number of amides is 1. The monoisotopic (exact) mass is 284 g/mol. The van der Waals surface area contributed by atoms with E-state index in [2.05, 4.69) is 18.7 Å². The Bertz CT molecular complexity index is 282. The third-order valence-corrected chi connectivity index (χ3v) is 3.99. The molecule has 1 heterocycles. The van der Waals surface area contributed by atoms with Gasteiger partial charge in [-0.2, -0.15) is 0 Å². The fourth-order valence-electron chi connectivity index (χ4n) is 2.61. The van der Waals surface area contributed by atoms with Crippen LogP contribution in [0.15, 0.2) is 0 Å². The molecule has 1 atom stereocenters. The predicted molar refractivity (Wildman–Crippen MR) is 82.8 cm³/mol. The van der Waals surface area contributed by atoms with E-state index in [1.807, 2.05) is 18.9 Å². The average molecular weight is 284 g/mol. The maximum atomic E-state index is 11.5. The first kappa shape index (κ1) is 17.4. The number of carbonyl (C=O) groups is 1. The van der Waals surface area contributed by atoms with Crippen LogP contribution in [-0.4, -0.2) is 61.6 Å². The molecule has 1 aliphatic heterocycles. The molecule has 4 heteroatoms. The van der Waals surface area contributed by atoms with Crippen molar-refractivity contribution in [2.75, 3.05) is 39.8 Å². The first-order valence-electron chi connectivity index (χ1n) is 8.10. The summed E-state index contributed by atoms with van der Waals surface area (Å²) in [5.41, 5.74) is 0. The number of rotatable bonds is 8. The second kappa shape index (κ2) is 9.35. The highest BCUT2D eigenvalue weighted by molar-refractivity contribution is 5.75. The first-order chi connectivity index (χ1) is 9.52. The van der Waals surface area contributed by atoms with Crippen LogP contribution in [0.25, 0.3) is 0 Å². The second-order valence-electron chi connectivity index (χ2n) is 6.29. The van der Waals surface area contributed by atoms with Crippen molar-refractivity contribution in [3.8, 4) is 0 Å². The van der Waals surface area contributed by atoms with Gasteiger partial charge < -0.3 is 9.64 Å². The predicted octanol–water partition coefficient (Wildman–Crippen LogP) is 2.38. The Hall–Kier alpha value is -0.610. The quantitative estimate of drug-likeness (QED) is 0.686. The Morgan fingerprint density at radius 1 is 1.45 bits per heavy atom. The van der Waals surface area contributed by atoms with Gasteiger partial charge in [-0.15, -0.1) is 0 Å². The Morgan fingerprint density at radius 2 is 2.20 bits per heavy atom. The zero-order valence-corrected chi connectivity index (χ0v) is 13.7. The van der Waals surface area contributed by atoms with E-state index in [4.69, 9.17) is 4.74 Å². The van der Waals surface area contributed by atoms with Crippen LogP contribution < -0.4 is 0 Å². The van der Waals surface area contributed by atoms with Crippen molar-refractivity contribution < 1.29 is 9.53 Å². The Labute approximate surface area is 124 Å². The van der Waals surface area contributed by atoms with Crippen molar-refractivity contribution in [1.82, 2.24) is 9.80 Å². The van der Waals surface area contributed by atoms with Crippen LogP contribution >= 0.6 is 0 Å². The van der Waals surface area contributed by atoms with Gasteiger partial charge in [-0.05, 0) is 31.7 Å². The van der Waals surface area contributed by atoms with E-state index in [1.165, 1.54) is 19.4 Å². The zero-order valence-electron chi connectivity index (χ0n) is 13.7. The molecule has 0 aromatic heterocycles. The number of morpholine rings is 1. The molecule has 20 heavy (non-hydrogen) atoms. The van der Waals surface area contributed by atoms with Crippen LogP contribution in [0.2, 0.25) is 0 Å². The molecular formula is C16H32N2O2. The number of carbonyl (C=O) groups excluding carboxylic acids is 1. The van der Waals surface area contributed by atoms with E-state index in [0.29, 0.717) is 6.42 Å². The third kappa shape index (κ3) is 6.71. The van der Waals surface area contributed by atoms with Crippen molar-refractivity contribution in [3.05, 3.63) is 0 Å². The van der Waals surface area contributed by atoms with Crippen LogP contribution in [0.3, 0.4) is 0 Å². The number of hydrogen-bond donors (Lipinski definition) is 0. The molecule has 1 unspecified atom stereocenters.